The summed E-state index contributed by atoms with van der Waals surface area (Å²) in [5.41, 5.74) is 5.43. The second-order valence-electron chi connectivity index (χ2n) is 6.63. The van der Waals surface area contributed by atoms with Gasteiger partial charge in [0, 0.05) is 49.8 Å². The Hall–Kier alpha value is -0.730. The molecular weight excluding hydrogens is 360 g/mol. The number of halogens is 1. The zero-order valence-electron chi connectivity index (χ0n) is 14.6. The number of nitrogens with zero attached hydrogens (tertiary/aromatic N) is 2. The zero-order chi connectivity index (χ0) is 16.8. The van der Waals surface area contributed by atoms with Gasteiger partial charge in [-0.25, -0.2) is 4.98 Å². The van der Waals surface area contributed by atoms with Crippen molar-refractivity contribution in [3.63, 3.8) is 0 Å². The summed E-state index contributed by atoms with van der Waals surface area (Å²) in [7, 11) is 0. The van der Waals surface area contributed by atoms with Crippen LogP contribution in [0.1, 0.15) is 54.5 Å². The van der Waals surface area contributed by atoms with E-state index in [4.69, 9.17) is 10.5 Å². The van der Waals surface area contributed by atoms with Gasteiger partial charge >= 0.3 is 0 Å². The number of hydrogen-bond acceptors (Lipinski definition) is 6. The van der Waals surface area contributed by atoms with Gasteiger partial charge in [0.15, 0.2) is 0 Å². The first kappa shape index (κ1) is 20.6. The Kier molecular flexibility index (Phi) is 8.58. The molecule has 8 heteroatoms. The van der Waals surface area contributed by atoms with Gasteiger partial charge in [0.25, 0.3) is 0 Å². The minimum Gasteiger partial charge on any atom is -0.371 e. The minimum atomic E-state index is 0. The first-order valence-corrected chi connectivity index (χ1v) is 9.85. The van der Waals surface area contributed by atoms with Crippen LogP contribution < -0.4 is 11.1 Å². The van der Waals surface area contributed by atoms with Gasteiger partial charge in [0.05, 0.1) is 0 Å². The quantitative estimate of drug-likeness (QED) is 0.748. The lowest BCUT2D eigenvalue weighted by Crippen LogP contribution is -2.46. The molecule has 2 fully saturated rings. The van der Waals surface area contributed by atoms with Gasteiger partial charge in [-0.15, -0.1) is 23.7 Å². The molecule has 25 heavy (non-hydrogen) atoms. The first-order chi connectivity index (χ1) is 11.8. The Balaban J connectivity index is 0.00000225. The number of amides is 1. The lowest BCUT2D eigenvalue weighted by molar-refractivity contribution is -0.121. The third kappa shape index (κ3) is 5.89. The molecule has 3 N–H and O–H groups in total. The van der Waals surface area contributed by atoms with Crippen LogP contribution in [0.4, 0.5) is 0 Å². The van der Waals surface area contributed by atoms with E-state index >= 15 is 0 Å². The number of nitrogens with two attached hydrogens (primary N) is 1. The molecule has 3 heterocycles. The highest BCUT2D eigenvalue weighted by Gasteiger charge is 2.25. The van der Waals surface area contributed by atoms with Crippen LogP contribution in [0, 0.1) is 0 Å². The Bertz CT molecular complexity index is 536. The van der Waals surface area contributed by atoms with Gasteiger partial charge in [-0.05, 0) is 32.2 Å². The van der Waals surface area contributed by atoms with E-state index in [-0.39, 0.29) is 24.4 Å². The monoisotopic (exact) mass is 388 g/mol. The minimum absolute atomic E-state index is 0. The number of carbonyl (C=O) groups excluding carboxylic acids is 1. The van der Waals surface area contributed by atoms with Gasteiger partial charge in [-0.2, -0.15) is 0 Å². The van der Waals surface area contributed by atoms with Crippen molar-refractivity contribution in [3.8, 4) is 0 Å². The Morgan fingerprint density at radius 1 is 1.40 bits per heavy atom. The van der Waals surface area contributed by atoms with E-state index in [1.165, 1.54) is 17.7 Å². The molecule has 0 aromatic carbocycles. The third-order valence-electron chi connectivity index (χ3n) is 4.79. The number of nitrogens with one attached hydrogen (secondary N) is 1. The smallest absolute Gasteiger partial charge is 0.221 e. The lowest BCUT2D eigenvalue weighted by Gasteiger charge is -2.35. The highest BCUT2D eigenvalue weighted by Crippen LogP contribution is 2.32. The largest absolute Gasteiger partial charge is 0.371 e. The van der Waals surface area contributed by atoms with Crippen LogP contribution in [0.5, 0.6) is 0 Å². The predicted octanol–water partition coefficient (Wildman–Crippen LogP) is 2.24. The topological polar surface area (TPSA) is 80.5 Å². The van der Waals surface area contributed by atoms with Crippen LogP contribution in [-0.2, 0) is 16.1 Å². The van der Waals surface area contributed by atoms with Crippen molar-refractivity contribution in [2.24, 2.45) is 5.73 Å². The van der Waals surface area contributed by atoms with Crippen LogP contribution in [0.15, 0.2) is 6.20 Å². The van der Waals surface area contributed by atoms with Gasteiger partial charge in [0.1, 0.15) is 11.1 Å². The molecule has 0 aliphatic carbocycles. The number of thiazole rings is 1. The van der Waals surface area contributed by atoms with Crippen LogP contribution in [0.3, 0.4) is 0 Å². The molecule has 0 saturated carbocycles. The Labute approximate surface area is 159 Å². The molecule has 2 aliphatic heterocycles. The molecule has 6 nitrogen and oxygen atoms in total. The summed E-state index contributed by atoms with van der Waals surface area (Å²) in [6.07, 6.45) is 8.44. The van der Waals surface area contributed by atoms with Crippen LogP contribution >= 0.6 is 23.7 Å². The molecular formula is C17H29ClN4O2S. The summed E-state index contributed by atoms with van der Waals surface area (Å²) in [4.78, 5) is 20.0. The maximum atomic E-state index is 11.7. The van der Waals surface area contributed by atoms with Gasteiger partial charge in [-0.1, -0.05) is 6.42 Å². The van der Waals surface area contributed by atoms with Crippen LogP contribution in [0.25, 0.3) is 0 Å². The molecule has 1 amide bonds. The number of ether oxygens (including phenoxy) is 1. The van der Waals surface area contributed by atoms with Gasteiger partial charge in [0.2, 0.25) is 5.91 Å². The summed E-state index contributed by atoms with van der Waals surface area (Å²) in [6.45, 7) is 3.99. The summed E-state index contributed by atoms with van der Waals surface area (Å²) in [5, 5.41) is 4.14. The number of aromatic nitrogens is 1. The molecule has 2 unspecified atom stereocenters. The summed E-state index contributed by atoms with van der Waals surface area (Å²) >= 11 is 1.78. The number of likely N-dealkylation sites (tertiary alicyclic amines) is 1. The second kappa shape index (κ2) is 10.4. The van der Waals surface area contributed by atoms with Gasteiger partial charge in [-0.3, -0.25) is 9.69 Å². The summed E-state index contributed by atoms with van der Waals surface area (Å²) in [6, 6.07) is 0.411. The van der Waals surface area contributed by atoms with Crippen molar-refractivity contribution in [2.45, 2.75) is 57.2 Å². The zero-order valence-corrected chi connectivity index (χ0v) is 16.2. The average Bonchev–Trinajstić information content (AvgIpc) is 3.25. The van der Waals surface area contributed by atoms with E-state index in [2.05, 4.69) is 15.2 Å². The van der Waals surface area contributed by atoms with Crippen LogP contribution in [-0.4, -0.2) is 48.1 Å². The third-order valence-corrected chi connectivity index (χ3v) is 5.86. The fourth-order valence-electron chi connectivity index (χ4n) is 3.47. The van der Waals surface area contributed by atoms with Gasteiger partial charge < -0.3 is 15.8 Å². The maximum absolute atomic E-state index is 11.7. The number of hydrogen-bond donors (Lipinski definition) is 2. The Morgan fingerprint density at radius 3 is 3.04 bits per heavy atom. The second-order valence-corrected chi connectivity index (χ2v) is 7.78. The van der Waals surface area contributed by atoms with E-state index in [9.17, 15) is 4.79 Å². The molecule has 2 aliphatic rings. The molecule has 1 aromatic heterocycles. The van der Waals surface area contributed by atoms with E-state index in [1.807, 2.05) is 6.20 Å². The van der Waals surface area contributed by atoms with Crippen molar-refractivity contribution in [1.29, 1.82) is 0 Å². The molecule has 142 valence electrons. The highest BCUT2D eigenvalue weighted by molar-refractivity contribution is 7.11. The van der Waals surface area contributed by atoms with E-state index in [0.29, 0.717) is 19.0 Å². The summed E-state index contributed by atoms with van der Waals surface area (Å²) < 4.78 is 5.73. The molecule has 3 rings (SSSR count). The van der Waals surface area contributed by atoms with E-state index in [1.54, 1.807) is 11.3 Å². The molecule has 0 radical (unpaired) electrons. The van der Waals surface area contributed by atoms with Crippen molar-refractivity contribution in [3.05, 3.63) is 16.1 Å². The average molecular weight is 389 g/mol. The van der Waals surface area contributed by atoms with Crippen molar-refractivity contribution >= 4 is 29.7 Å². The fraction of sp³-hybridized carbons (Fsp3) is 0.765. The van der Waals surface area contributed by atoms with E-state index in [0.717, 1.165) is 50.5 Å². The van der Waals surface area contributed by atoms with Crippen molar-refractivity contribution < 1.29 is 9.53 Å². The molecule has 2 saturated heterocycles. The molecule has 0 spiro atoms. The molecule has 0 bridgehead atoms. The number of carbonyl (C=O) groups is 1. The first-order valence-electron chi connectivity index (χ1n) is 9.03. The lowest BCUT2D eigenvalue weighted by atomic mass is 10.0. The van der Waals surface area contributed by atoms with Crippen molar-refractivity contribution in [2.75, 3.05) is 26.2 Å². The predicted molar refractivity (Wildman–Crippen MR) is 102 cm³/mol. The number of piperidine rings is 1. The Morgan fingerprint density at radius 2 is 2.28 bits per heavy atom. The molecule has 1 aromatic rings. The van der Waals surface area contributed by atoms with E-state index < -0.39 is 0 Å². The van der Waals surface area contributed by atoms with Crippen LogP contribution in [0.2, 0.25) is 0 Å². The molecule has 2 atom stereocenters. The van der Waals surface area contributed by atoms with Crippen molar-refractivity contribution in [1.82, 2.24) is 15.2 Å². The number of rotatable bonds is 7. The summed E-state index contributed by atoms with van der Waals surface area (Å²) in [5.74, 6) is 0.0569. The normalized spacial score (nSPS) is 24.0. The fourth-order valence-corrected chi connectivity index (χ4v) is 4.49. The highest BCUT2D eigenvalue weighted by atomic mass is 35.5. The standard InChI is InChI=1S/C17H28N4O2S.ClH/c18-7-6-16(22)19-10-13-4-1-2-8-21(13)12-14-11-20-17(24-14)15-5-3-9-23-15;/h11,13,15H,1-10,12,18H2,(H,19,22);1H. The maximum Gasteiger partial charge on any atom is 0.221 e. The SMILES string of the molecule is Cl.NCCC(=O)NCC1CCCCN1Cc1cnc(C2CCCO2)s1.